The van der Waals surface area contributed by atoms with Crippen LogP contribution in [0.2, 0.25) is 0 Å². The number of ether oxygens (including phenoxy) is 8. The Bertz CT molecular complexity index is 1800. The lowest BCUT2D eigenvalue weighted by Gasteiger charge is -2.27. The number of fused-ring (bicyclic) bond motifs is 2. The standard InChI is InChI=1S/C42H59N3O12/c1-27-17-18-31(46)36-32(54-42(9,10)55-36)16-14-15-29-23-30(24-33(52-26-50-11)35(29)37(47)53-28(27)2)51-22-13-12-20-44(38(48)56-40(3,4)5)25-34-43-19-21-45(34)39(49)57-41(6,7)8/h14-15,17,19,21,23-24,28,32,36H,12-13,16,18,20,22,25-26H2,1-11H3/t28-,32-,36+/m0/s1. The molecule has 0 N–H and O–H groups in total. The van der Waals surface area contributed by atoms with Crippen LogP contribution in [0.4, 0.5) is 9.59 Å². The first-order valence-corrected chi connectivity index (χ1v) is 19.2. The van der Waals surface area contributed by atoms with Gasteiger partial charge in [-0.2, -0.15) is 0 Å². The maximum absolute atomic E-state index is 13.8. The van der Waals surface area contributed by atoms with Gasteiger partial charge in [0.05, 0.1) is 19.3 Å². The zero-order chi connectivity index (χ0) is 42.1. The van der Waals surface area contributed by atoms with E-state index in [0.717, 1.165) is 0 Å². The minimum atomic E-state index is -0.940. The number of amides is 1. The molecule has 4 rings (SSSR count). The summed E-state index contributed by atoms with van der Waals surface area (Å²) in [5.74, 6) is -0.743. The van der Waals surface area contributed by atoms with Gasteiger partial charge in [0, 0.05) is 38.5 Å². The number of rotatable bonds is 11. The Morgan fingerprint density at radius 1 is 1.02 bits per heavy atom. The first-order valence-electron chi connectivity index (χ1n) is 19.2. The molecule has 0 bridgehead atoms. The number of aromatic nitrogens is 2. The van der Waals surface area contributed by atoms with E-state index in [4.69, 9.17) is 37.9 Å². The fourth-order valence-corrected chi connectivity index (χ4v) is 6.00. The normalized spacial score (nSPS) is 20.1. The van der Waals surface area contributed by atoms with Crippen LogP contribution < -0.4 is 9.47 Å². The van der Waals surface area contributed by atoms with Crippen molar-refractivity contribution in [3.8, 4) is 11.5 Å². The van der Waals surface area contributed by atoms with Gasteiger partial charge in [-0.05, 0) is 106 Å². The molecule has 0 radical (unpaired) electrons. The van der Waals surface area contributed by atoms with Gasteiger partial charge in [0.1, 0.15) is 46.3 Å². The minimum Gasteiger partial charge on any atom is -0.493 e. The lowest BCUT2D eigenvalue weighted by Crippen LogP contribution is -2.38. The summed E-state index contributed by atoms with van der Waals surface area (Å²) < 4.78 is 47.7. The van der Waals surface area contributed by atoms with E-state index in [2.05, 4.69) is 4.98 Å². The maximum Gasteiger partial charge on any atom is 0.420 e. The summed E-state index contributed by atoms with van der Waals surface area (Å²) >= 11 is 0. The number of esters is 1. The number of hydrogen-bond donors (Lipinski definition) is 0. The van der Waals surface area contributed by atoms with Crippen molar-refractivity contribution in [1.29, 1.82) is 0 Å². The van der Waals surface area contributed by atoms with E-state index in [-0.39, 0.29) is 50.0 Å². The van der Waals surface area contributed by atoms with Gasteiger partial charge in [-0.25, -0.2) is 23.9 Å². The number of hydrogen-bond acceptors (Lipinski definition) is 13. The molecule has 2 aliphatic rings. The van der Waals surface area contributed by atoms with Crippen LogP contribution in [-0.2, 0) is 39.8 Å². The lowest BCUT2D eigenvalue weighted by molar-refractivity contribution is -0.154. The predicted octanol–water partition coefficient (Wildman–Crippen LogP) is 7.63. The highest BCUT2D eigenvalue weighted by Crippen LogP contribution is 2.35. The van der Waals surface area contributed by atoms with Crippen molar-refractivity contribution in [2.24, 2.45) is 0 Å². The van der Waals surface area contributed by atoms with E-state index in [1.165, 1.54) is 29.0 Å². The molecule has 1 saturated heterocycles. The average Bonchev–Trinajstić information content (AvgIpc) is 3.69. The minimum absolute atomic E-state index is 0.00776. The number of carbonyl (C=O) groups is 4. The summed E-state index contributed by atoms with van der Waals surface area (Å²) in [6.07, 6.45) is 6.68. The molecule has 57 heavy (non-hydrogen) atoms. The van der Waals surface area contributed by atoms with Gasteiger partial charge in [-0.3, -0.25) is 4.79 Å². The lowest BCUT2D eigenvalue weighted by atomic mass is 10.00. The summed E-state index contributed by atoms with van der Waals surface area (Å²) in [7, 11) is 1.47. The van der Waals surface area contributed by atoms with Crippen molar-refractivity contribution < 1.29 is 57.1 Å². The number of benzene rings is 1. The number of nitrogens with zero attached hydrogens (tertiary/aromatic N) is 3. The van der Waals surface area contributed by atoms with Gasteiger partial charge in [-0.1, -0.05) is 18.2 Å². The Hall–Kier alpha value is -4.73. The van der Waals surface area contributed by atoms with Gasteiger partial charge < -0.3 is 42.8 Å². The van der Waals surface area contributed by atoms with E-state index in [1.54, 1.807) is 93.5 Å². The second-order valence-corrected chi connectivity index (χ2v) is 16.5. The summed E-state index contributed by atoms with van der Waals surface area (Å²) in [4.78, 5) is 58.9. The highest BCUT2D eigenvalue weighted by atomic mass is 16.8. The van der Waals surface area contributed by atoms with Gasteiger partial charge in [0.25, 0.3) is 0 Å². The number of cyclic esters (lactones) is 1. The van der Waals surface area contributed by atoms with Crippen molar-refractivity contribution in [3.05, 3.63) is 59.2 Å². The third-order valence-electron chi connectivity index (χ3n) is 8.74. The van der Waals surface area contributed by atoms with E-state index in [0.29, 0.717) is 42.0 Å². The van der Waals surface area contributed by atoms with Gasteiger partial charge in [-0.15, -0.1) is 0 Å². The summed E-state index contributed by atoms with van der Waals surface area (Å²) in [6.45, 7) is 18.1. The smallest absolute Gasteiger partial charge is 0.420 e. The monoisotopic (exact) mass is 797 g/mol. The molecule has 15 heteroatoms. The number of ketones is 1. The van der Waals surface area contributed by atoms with Crippen LogP contribution in [0, 0.1) is 0 Å². The molecule has 0 spiro atoms. The van der Waals surface area contributed by atoms with Crippen molar-refractivity contribution in [2.45, 2.75) is 137 Å². The van der Waals surface area contributed by atoms with Crippen molar-refractivity contribution in [2.75, 3.05) is 27.1 Å². The van der Waals surface area contributed by atoms with Crippen LogP contribution in [0.3, 0.4) is 0 Å². The highest BCUT2D eigenvalue weighted by molar-refractivity contribution is 5.97. The van der Waals surface area contributed by atoms with Crippen LogP contribution in [0.15, 0.2) is 42.3 Å². The summed E-state index contributed by atoms with van der Waals surface area (Å²) in [5.41, 5.74) is -0.111. The topological polar surface area (TPSA) is 163 Å². The van der Waals surface area contributed by atoms with Gasteiger partial charge >= 0.3 is 18.2 Å². The van der Waals surface area contributed by atoms with Crippen LogP contribution in [0.1, 0.15) is 117 Å². The second kappa shape index (κ2) is 19.1. The fraction of sp³-hybridized carbons (Fsp3) is 0.595. The number of carbonyl (C=O) groups excluding carboxylic acids is 4. The zero-order valence-corrected chi connectivity index (χ0v) is 35.2. The second-order valence-electron chi connectivity index (χ2n) is 16.5. The van der Waals surface area contributed by atoms with E-state index < -0.39 is 53.5 Å². The number of unbranched alkanes of at least 4 members (excludes halogenated alkanes) is 1. The Morgan fingerprint density at radius 3 is 2.42 bits per heavy atom. The molecular weight excluding hydrogens is 738 g/mol. The first kappa shape index (κ1) is 45.0. The molecule has 3 atom stereocenters. The Morgan fingerprint density at radius 2 is 1.74 bits per heavy atom. The molecule has 2 aliphatic heterocycles. The number of imidazole rings is 1. The largest absolute Gasteiger partial charge is 0.493 e. The van der Waals surface area contributed by atoms with E-state index in [9.17, 15) is 19.2 Å². The number of Topliss-reactive ketones (excluding diaryl/α,β-unsaturated/α-hetero) is 1. The zero-order valence-electron chi connectivity index (χ0n) is 35.2. The SMILES string of the molecule is COCOc1cc(OCCCCN(Cc2nccn2C(=O)OC(C)(C)C)C(=O)OC(C)(C)C)cc2c1C(=O)O[C@@H](C)C(C)=CCC(=O)[C@H]1OC(C)(C)O[C@H]1CC=C2. The molecule has 1 aromatic heterocycles. The van der Waals surface area contributed by atoms with Crippen molar-refractivity contribution in [3.63, 3.8) is 0 Å². The molecule has 0 saturated carbocycles. The molecule has 0 unspecified atom stereocenters. The number of allylic oxidation sites excluding steroid dienone is 1. The molecule has 2 aromatic rings. The van der Waals surface area contributed by atoms with Crippen LogP contribution >= 0.6 is 0 Å². The molecule has 0 aliphatic carbocycles. The number of methoxy groups -OCH3 is 1. The molecule has 1 aromatic carbocycles. The van der Waals surface area contributed by atoms with Gasteiger partial charge in [0.2, 0.25) is 0 Å². The summed E-state index contributed by atoms with van der Waals surface area (Å²) in [5, 5.41) is 0. The summed E-state index contributed by atoms with van der Waals surface area (Å²) in [6, 6.07) is 3.33. The Kier molecular flexibility index (Phi) is 15.1. The van der Waals surface area contributed by atoms with E-state index in [1.807, 2.05) is 6.08 Å². The molecular formula is C42H59N3O12. The third kappa shape index (κ3) is 13.4. The highest BCUT2D eigenvalue weighted by Gasteiger charge is 2.44. The first-order chi connectivity index (χ1) is 26.7. The molecule has 3 heterocycles. The molecule has 1 fully saturated rings. The van der Waals surface area contributed by atoms with Crippen molar-refractivity contribution >= 4 is 30.0 Å². The van der Waals surface area contributed by atoms with Crippen LogP contribution in [0.25, 0.3) is 6.08 Å². The third-order valence-corrected chi connectivity index (χ3v) is 8.74. The van der Waals surface area contributed by atoms with E-state index >= 15 is 0 Å². The Labute approximate surface area is 335 Å². The molecule has 314 valence electrons. The Balaban J connectivity index is 1.54. The molecule has 1 amide bonds. The maximum atomic E-state index is 13.8. The predicted molar refractivity (Wildman–Crippen MR) is 210 cm³/mol. The average molecular weight is 798 g/mol. The van der Waals surface area contributed by atoms with Crippen LogP contribution in [0.5, 0.6) is 11.5 Å². The quantitative estimate of drug-likeness (QED) is 0.0718. The fourth-order valence-electron chi connectivity index (χ4n) is 6.00. The van der Waals surface area contributed by atoms with Gasteiger partial charge in [0.15, 0.2) is 18.4 Å². The van der Waals surface area contributed by atoms with Crippen molar-refractivity contribution in [1.82, 2.24) is 14.5 Å². The molecule has 15 nitrogen and oxygen atoms in total. The van der Waals surface area contributed by atoms with Crippen LogP contribution in [-0.4, -0.2) is 101 Å².